The summed E-state index contributed by atoms with van der Waals surface area (Å²) in [4.78, 5) is 44.7. The van der Waals surface area contributed by atoms with Crippen molar-refractivity contribution in [1.29, 1.82) is 0 Å². The summed E-state index contributed by atoms with van der Waals surface area (Å²) < 4.78 is 4.87. The number of carbonyl (C=O) groups is 2. The third-order valence-corrected chi connectivity index (χ3v) is 4.17. The SMILES string of the molecule is Cc1cc(NC(=O)CN(C)C(=O)CCCc2nc3ccccc3c(=O)[nH]2)no1. The summed E-state index contributed by atoms with van der Waals surface area (Å²) in [7, 11) is 1.56. The molecule has 0 unspecified atom stereocenters. The number of hydrogen-bond acceptors (Lipinski definition) is 6. The summed E-state index contributed by atoms with van der Waals surface area (Å²) >= 11 is 0. The topological polar surface area (TPSA) is 121 Å². The first kappa shape index (κ1) is 19.3. The van der Waals surface area contributed by atoms with Crippen LogP contribution in [-0.2, 0) is 16.0 Å². The van der Waals surface area contributed by atoms with Gasteiger partial charge in [-0.25, -0.2) is 4.98 Å². The number of benzene rings is 1. The Kier molecular flexibility index (Phi) is 5.83. The Labute approximate surface area is 160 Å². The molecule has 9 heteroatoms. The third-order valence-electron chi connectivity index (χ3n) is 4.17. The van der Waals surface area contributed by atoms with E-state index < -0.39 is 0 Å². The van der Waals surface area contributed by atoms with Crippen LogP contribution in [0.2, 0.25) is 0 Å². The number of amides is 2. The van der Waals surface area contributed by atoms with Crippen molar-refractivity contribution >= 4 is 28.5 Å². The van der Waals surface area contributed by atoms with E-state index in [-0.39, 0.29) is 30.3 Å². The van der Waals surface area contributed by atoms with Gasteiger partial charge in [0.05, 0.1) is 17.4 Å². The first-order valence-electron chi connectivity index (χ1n) is 8.87. The maximum absolute atomic E-state index is 12.2. The molecule has 1 aromatic carbocycles. The van der Waals surface area contributed by atoms with Crippen LogP contribution in [0.1, 0.15) is 24.4 Å². The number of anilines is 1. The molecular weight excluding hydrogens is 362 g/mol. The smallest absolute Gasteiger partial charge is 0.258 e. The molecule has 0 fully saturated rings. The van der Waals surface area contributed by atoms with Gasteiger partial charge >= 0.3 is 0 Å². The average molecular weight is 383 g/mol. The van der Waals surface area contributed by atoms with Gasteiger partial charge in [-0.15, -0.1) is 0 Å². The van der Waals surface area contributed by atoms with Crippen LogP contribution in [0.3, 0.4) is 0 Å². The van der Waals surface area contributed by atoms with Crippen LogP contribution in [0.5, 0.6) is 0 Å². The van der Waals surface area contributed by atoms with Gasteiger partial charge in [0, 0.05) is 26.0 Å². The molecule has 0 aliphatic carbocycles. The zero-order valence-corrected chi connectivity index (χ0v) is 15.7. The number of aromatic nitrogens is 3. The second-order valence-electron chi connectivity index (χ2n) is 6.50. The Hall–Kier alpha value is -3.49. The summed E-state index contributed by atoms with van der Waals surface area (Å²) in [5.74, 6) is 0.910. The number of fused-ring (bicyclic) bond motifs is 1. The number of aryl methyl sites for hydroxylation is 2. The van der Waals surface area contributed by atoms with Gasteiger partial charge in [0.15, 0.2) is 5.82 Å². The van der Waals surface area contributed by atoms with Gasteiger partial charge in [0.25, 0.3) is 5.56 Å². The highest BCUT2D eigenvalue weighted by atomic mass is 16.5. The van der Waals surface area contributed by atoms with Crippen LogP contribution in [0.4, 0.5) is 5.82 Å². The molecule has 0 radical (unpaired) electrons. The maximum atomic E-state index is 12.2. The molecule has 0 spiro atoms. The van der Waals surface area contributed by atoms with Gasteiger partial charge in [-0.3, -0.25) is 14.4 Å². The van der Waals surface area contributed by atoms with Crippen molar-refractivity contribution in [2.24, 2.45) is 0 Å². The fraction of sp³-hybridized carbons (Fsp3) is 0.316. The van der Waals surface area contributed by atoms with E-state index in [0.29, 0.717) is 41.1 Å². The summed E-state index contributed by atoms with van der Waals surface area (Å²) in [6, 6.07) is 8.70. The van der Waals surface area contributed by atoms with Crippen LogP contribution in [0.15, 0.2) is 39.6 Å². The van der Waals surface area contributed by atoms with Crippen molar-refractivity contribution in [3.8, 4) is 0 Å². The fourth-order valence-corrected chi connectivity index (χ4v) is 2.76. The number of rotatable bonds is 7. The van der Waals surface area contributed by atoms with E-state index in [1.165, 1.54) is 4.90 Å². The van der Waals surface area contributed by atoms with Crippen molar-refractivity contribution in [3.63, 3.8) is 0 Å². The van der Waals surface area contributed by atoms with Crippen LogP contribution in [0.25, 0.3) is 10.9 Å². The number of aromatic amines is 1. The van der Waals surface area contributed by atoms with E-state index in [1.54, 1.807) is 38.2 Å². The molecule has 0 atom stereocenters. The summed E-state index contributed by atoms with van der Waals surface area (Å²) in [5.41, 5.74) is 0.438. The van der Waals surface area contributed by atoms with Gasteiger partial charge < -0.3 is 19.7 Å². The highest BCUT2D eigenvalue weighted by Gasteiger charge is 2.14. The number of carbonyl (C=O) groups excluding carboxylic acids is 2. The second-order valence-corrected chi connectivity index (χ2v) is 6.50. The lowest BCUT2D eigenvalue weighted by Crippen LogP contribution is -2.34. The summed E-state index contributed by atoms with van der Waals surface area (Å²) in [5, 5.41) is 6.78. The monoisotopic (exact) mass is 383 g/mol. The standard InChI is InChI=1S/C19H21N5O4/c1-12-10-16(23-28-12)21-17(25)11-24(2)18(26)9-5-8-15-20-14-7-4-3-6-13(14)19(27)22-15/h3-4,6-7,10H,5,8-9,11H2,1-2H3,(H,20,22,27)(H,21,23,25). The number of hydrogen-bond donors (Lipinski definition) is 2. The highest BCUT2D eigenvalue weighted by Crippen LogP contribution is 2.09. The molecule has 3 aromatic rings. The Bertz CT molecular complexity index is 1060. The van der Waals surface area contributed by atoms with Crippen LogP contribution in [-0.4, -0.2) is 45.4 Å². The molecule has 146 valence electrons. The highest BCUT2D eigenvalue weighted by molar-refractivity contribution is 5.93. The molecule has 0 aliphatic rings. The molecule has 2 aromatic heterocycles. The Balaban J connectivity index is 1.48. The molecule has 2 heterocycles. The summed E-state index contributed by atoms with van der Waals surface area (Å²) in [6.07, 6.45) is 1.21. The van der Waals surface area contributed by atoms with Crippen molar-refractivity contribution in [2.45, 2.75) is 26.2 Å². The van der Waals surface area contributed by atoms with E-state index in [1.807, 2.05) is 6.07 Å². The third kappa shape index (κ3) is 4.81. The van der Waals surface area contributed by atoms with Gasteiger partial charge in [0.2, 0.25) is 11.8 Å². The van der Waals surface area contributed by atoms with E-state index >= 15 is 0 Å². The second kappa shape index (κ2) is 8.47. The minimum atomic E-state index is -0.357. The number of nitrogens with zero attached hydrogens (tertiary/aromatic N) is 3. The van der Waals surface area contributed by atoms with Gasteiger partial charge in [-0.2, -0.15) is 0 Å². The molecule has 0 saturated carbocycles. The molecule has 0 aliphatic heterocycles. The largest absolute Gasteiger partial charge is 0.360 e. The lowest BCUT2D eigenvalue weighted by Gasteiger charge is -2.16. The minimum Gasteiger partial charge on any atom is -0.360 e. The lowest BCUT2D eigenvalue weighted by atomic mass is 10.2. The molecule has 0 bridgehead atoms. The van der Waals surface area contributed by atoms with Gasteiger partial charge in [0.1, 0.15) is 11.6 Å². The molecule has 0 saturated heterocycles. The van der Waals surface area contributed by atoms with E-state index in [9.17, 15) is 14.4 Å². The van der Waals surface area contributed by atoms with Crippen molar-refractivity contribution in [1.82, 2.24) is 20.0 Å². The first-order valence-corrected chi connectivity index (χ1v) is 8.87. The van der Waals surface area contributed by atoms with Crippen LogP contribution >= 0.6 is 0 Å². The Morgan fingerprint density at radius 2 is 2.07 bits per heavy atom. The van der Waals surface area contributed by atoms with Crippen LogP contribution < -0.4 is 10.9 Å². The molecule has 2 amide bonds. The molecule has 9 nitrogen and oxygen atoms in total. The van der Waals surface area contributed by atoms with E-state index in [2.05, 4.69) is 20.4 Å². The molecule has 2 N–H and O–H groups in total. The minimum absolute atomic E-state index is 0.0875. The predicted octanol–water partition coefficient (Wildman–Crippen LogP) is 1.64. The normalized spacial score (nSPS) is 10.8. The zero-order chi connectivity index (χ0) is 20.1. The van der Waals surface area contributed by atoms with Gasteiger partial charge in [-0.05, 0) is 25.5 Å². The van der Waals surface area contributed by atoms with E-state index in [4.69, 9.17) is 4.52 Å². The number of likely N-dealkylation sites (N-methyl/N-ethyl adjacent to an activating group) is 1. The summed E-state index contributed by atoms with van der Waals surface area (Å²) in [6.45, 7) is 1.63. The van der Waals surface area contributed by atoms with Crippen molar-refractivity contribution < 1.29 is 14.1 Å². The van der Waals surface area contributed by atoms with Crippen molar-refractivity contribution in [3.05, 3.63) is 52.3 Å². The van der Waals surface area contributed by atoms with Crippen LogP contribution in [0, 0.1) is 6.92 Å². The molecular formula is C19H21N5O4. The predicted molar refractivity (Wildman–Crippen MR) is 103 cm³/mol. The average Bonchev–Trinajstić information content (AvgIpc) is 3.06. The molecule has 28 heavy (non-hydrogen) atoms. The maximum Gasteiger partial charge on any atom is 0.258 e. The Morgan fingerprint density at radius 3 is 2.82 bits per heavy atom. The lowest BCUT2D eigenvalue weighted by molar-refractivity contribution is -0.133. The number of H-pyrrole nitrogens is 1. The Morgan fingerprint density at radius 1 is 1.29 bits per heavy atom. The number of para-hydroxylation sites is 1. The fourth-order valence-electron chi connectivity index (χ4n) is 2.76. The quantitative estimate of drug-likeness (QED) is 0.640. The number of nitrogens with one attached hydrogen (secondary N) is 2. The van der Waals surface area contributed by atoms with Gasteiger partial charge in [-0.1, -0.05) is 17.3 Å². The van der Waals surface area contributed by atoms with E-state index in [0.717, 1.165) is 0 Å². The molecule has 3 rings (SSSR count). The zero-order valence-electron chi connectivity index (χ0n) is 15.7. The van der Waals surface area contributed by atoms with Crippen molar-refractivity contribution in [2.75, 3.05) is 18.9 Å². The first-order chi connectivity index (χ1) is 13.4.